The summed E-state index contributed by atoms with van der Waals surface area (Å²) in [6.07, 6.45) is 4.12. The van der Waals surface area contributed by atoms with E-state index in [-0.39, 0.29) is 36.1 Å². The van der Waals surface area contributed by atoms with Crippen molar-refractivity contribution in [2.45, 2.75) is 83.2 Å². The average molecular weight is 606 g/mol. The molecule has 44 heavy (non-hydrogen) atoms. The predicted octanol–water partition coefficient (Wildman–Crippen LogP) is 6.04. The van der Waals surface area contributed by atoms with E-state index in [4.69, 9.17) is 4.74 Å². The van der Waals surface area contributed by atoms with Crippen molar-refractivity contribution in [3.05, 3.63) is 82.0 Å². The molecule has 0 spiro atoms. The van der Waals surface area contributed by atoms with Crippen LogP contribution in [0.1, 0.15) is 84.1 Å². The number of pyridine rings is 1. The van der Waals surface area contributed by atoms with Crippen LogP contribution in [-0.4, -0.2) is 81.9 Å². The third-order valence-corrected chi connectivity index (χ3v) is 9.37. The van der Waals surface area contributed by atoms with E-state index in [1.54, 1.807) is 19.9 Å². The molecule has 2 aliphatic heterocycles. The van der Waals surface area contributed by atoms with E-state index < -0.39 is 23.6 Å². The van der Waals surface area contributed by atoms with E-state index >= 15 is 8.78 Å². The number of allylic oxidation sites excluding steroid dienone is 2. The molecule has 0 radical (unpaired) electrons. The Labute approximate surface area is 257 Å². The smallest absolute Gasteiger partial charge is 0.337 e. The number of piperidine rings is 1. The van der Waals surface area contributed by atoms with Crippen molar-refractivity contribution in [3.63, 3.8) is 0 Å². The minimum absolute atomic E-state index is 0.00524. The fraction of sp³-hybridized carbons (Fsp3) is 0.514. The van der Waals surface area contributed by atoms with Gasteiger partial charge >= 0.3 is 5.97 Å². The van der Waals surface area contributed by atoms with Crippen LogP contribution < -0.4 is 0 Å². The Bertz CT molecular complexity index is 1490. The molecule has 0 bridgehead atoms. The van der Waals surface area contributed by atoms with Gasteiger partial charge in [0.05, 0.1) is 28.6 Å². The minimum atomic E-state index is -2.03. The lowest BCUT2D eigenvalue weighted by molar-refractivity contribution is -0.0705. The Hall–Kier alpha value is -3.43. The standard InChI is InChI=1S/C35H41F2N3O4/c1-4-28-26(34(42)43)18-25-29(38-28)14-17-40(33(25)41)24-12-15-39(16-13-24)20-35(37)19-27(22-10-11-22)30(23-8-6-5-7-9-23)31(36)32(35)44-21(2)3/h5-9,18-19,21-22,24,32H,4,10-17,20H2,1-3H3,(H,42,43). The number of aryl methyl sites for hydroxylation is 1. The van der Waals surface area contributed by atoms with Crippen LogP contribution in [0.15, 0.2) is 53.9 Å². The van der Waals surface area contributed by atoms with E-state index in [2.05, 4.69) is 4.98 Å². The van der Waals surface area contributed by atoms with Crippen molar-refractivity contribution in [2.24, 2.45) is 5.92 Å². The molecule has 4 aliphatic rings. The molecule has 1 saturated heterocycles. The summed E-state index contributed by atoms with van der Waals surface area (Å²) in [5.74, 6) is -1.67. The number of rotatable bonds is 9. The summed E-state index contributed by atoms with van der Waals surface area (Å²) in [5.41, 5.74) is 1.51. The van der Waals surface area contributed by atoms with Crippen molar-refractivity contribution < 1.29 is 28.2 Å². The number of alkyl halides is 1. The highest BCUT2D eigenvalue weighted by molar-refractivity contribution is 5.99. The molecular weight excluding hydrogens is 564 g/mol. The second kappa shape index (κ2) is 12.2. The quantitative estimate of drug-likeness (QED) is 0.376. The molecule has 6 rings (SSSR count). The van der Waals surface area contributed by atoms with Crippen LogP contribution in [0, 0.1) is 5.92 Å². The fourth-order valence-corrected chi connectivity index (χ4v) is 7.07. The molecule has 3 heterocycles. The largest absolute Gasteiger partial charge is 0.478 e. The van der Waals surface area contributed by atoms with E-state index in [0.29, 0.717) is 67.8 Å². The topological polar surface area (TPSA) is 83.0 Å². The van der Waals surface area contributed by atoms with Crippen LogP contribution in [0.3, 0.4) is 0 Å². The van der Waals surface area contributed by atoms with Gasteiger partial charge in [0.2, 0.25) is 0 Å². The number of ether oxygens (including phenoxy) is 1. The summed E-state index contributed by atoms with van der Waals surface area (Å²) in [7, 11) is 0. The molecule has 1 aromatic heterocycles. The van der Waals surface area contributed by atoms with Gasteiger partial charge in [-0.1, -0.05) is 37.3 Å². The number of carboxylic acid groups (broad SMARTS) is 1. The number of carbonyl (C=O) groups excluding carboxylic acids is 1. The lowest BCUT2D eigenvalue weighted by atomic mass is 9.79. The molecule has 1 aromatic carbocycles. The number of fused-ring (bicyclic) bond motifs is 1. The number of benzene rings is 1. The number of hydrogen-bond donors (Lipinski definition) is 1. The van der Waals surface area contributed by atoms with Crippen LogP contribution in [0.4, 0.5) is 8.78 Å². The van der Waals surface area contributed by atoms with Crippen molar-refractivity contribution in [1.29, 1.82) is 0 Å². The van der Waals surface area contributed by atoms with Gasteiger partial charge in [0, 0.05) is 44.2 Å². The van der Waals surface area contributed by atoms with E-state index in [9.17, 15) is 14.7 Å². The number of carbonyl (C=O) groups is 2. The second-order valence-electron chi connectivity index (χ2n) is 12.8. The molecule has 2 aromatic rings. The van der Waals surface area contributed by atoms with Gasteiger partial charge in [0.15, 0.2) is 5.67 Å². The number of aromatic nitrogens is 1. The number of hydrogen-bond acceptors (Lipinski definition) is 5. The lowest BCUT2D eigenvalue weighted by Crippen LogP contribution is -2.55. The predicted molar refractivity (Wildman–Crippen MR) is 164 cm³/mol. The Kier molecular flexibility index (Phi) is 8.46. The Morgan fingerprint density at radius 3 is 2.45 bits per heavy atom. The minimum Gasteiger partial charge on any atom is -0.478 e. The van der Waals surface area contributed by atoms with Gasteiger partial charge in [-0.15, -0.1) is 0 Å². The molecule has 2 aliphatic carbocycles. The first-order valence-electron chi connectivity index (χ1n) is 15.9. The summed E-state index contributed by atoms with van der Waals surface area (Å²) >= 11 is 0. The zero-order chi connectivity index (χ0) is 31.2. The molecule has 234 valence electrons. The maximum absolute atomic E-state index is 17.2. The molecule has 9 heteroatoms. The van der Waals surface area contributed by atoms with Gasteiger partial charge in [-0.25, -0.2) is 13.6 Å². The SMILES string of the molecule is CCc1nc2c(cc1C(=O)O)C(=O)N(C1CCN(CC3(F)C=C(C4CC4)C(c4ccccc4)=C(F)C3OC(C)C)CC1)CC2. The van der Waals surface area contributed by atoms with E-state index in [0.717, 1.165) is 24.0 Å². The third kappa shape index (κ3) is 5.84. The van der Waals surface area contributed by atoms with Crippen molar-refractivity contribution in [2.75, 3.05) is 26.2 Å². The van der Waals surface area contributed by atoms with Crippen molar-refractivity contribution in [3.8, 4) is 0 Å². The zero-order valence-corrected chi connectivity index (χ0v) is 25.7. The van der Waals surface area contributed by atoms with Crippen molar-refractivity contribution in [1.82, 2.24) is 14.8 Å². The van der Waals surface area contributed by atoms with Crippen molar-refractivity contribution >= 4 is 17.4 Å². The van der Waals surface area contributed by atoms with Crippen LogP contribution in [0.2, 0.25) is 0 Å². The van der Waals surface area contributed by atoms with Gasteiger partial charge in [-0.05, 0) is 75.1 Å². The number of halogens is 2. The Morgan fingerprint density at radius 1 is 1.14 bits per heavy atom. The zero-order valence-electron chi connectivity index (χ0n) is 25.7. The molecule has 2 atom stereocenters. The molecule has 1 N–H and O–H groups in total. The normalized spacial score (nSPS) is 25.0. The number of carboxylic acids is 1. The first-order valence-corrected chi connectivity index (χ1v) is 15.9. The first kappa shape index (κ1) is 30.6. The second-order valence-corrected chi connectivity index (χ2v) is 12.8. The summed E-state index contributed by atoms with van der Waals surface area (Å²) in [6, 6.07) is 10.8. The van der Waals surface area contributed by atoms with E-state index in [1.807, 2.05) is 47.1 Å². The highest BCUT2D eigenvalue weighted by Gasteiger charge is 2.50. The van der Waals surface area contributed by atoms with Gasteiger partial charge < -0.3 is 14.7 Å². The number of likely N-dealkylation sites (tertiary alicyclic amines) is 1. The molecule has 1 amide bonds. The number of amides is 1. The molecule has 2 unspecified atom stereocenters. The summed E-state index contributed by atoms with van der Waals surface area (Å²) < 4.78 is 39.6. The maximum Gasteiger partial charge on any atom is 0.337 e. The molecule has 2 fully saturated rings. The Balaban J connectivity index is 1.19. The monoisotopic (exact) mass is 605 g/mol. The van der Waals surface area contributed by atoms with Gasteiger partial charge in [-0.2, -0.15) is 0 Å². The average Bonchev–Trinajstić information content (AvgIpc) is 3.85. The number of aromatic carboxylic acids is 1. The summed E-state index contributed by atoms with van der Waals surface area (Å²) in [4.78, 5) is 33.7. The van der Waals surface area contributed by atoms with Crippen LogP contribution in [-0.2, 0) is 17.6 Å². The van der Waals surface area contributed by atoms with Crippen LogP contribution in [0.5, 0.6) is 0 Å². The number of nitrogens with zero attached hydrogens (tertiary/aromatic N) is 3. The van der Waals surface area contributed by atoms with Gasteiger partial charge in [0.1, 0.15) is 11.9 Å². The molecular formula is C35H41F2N3O4. The van der Waals surface area contributed by atoms with Crippen LogP contribution >= 0.6 is 0 Å². The maximum atomic E-state index is 17.2. The highest BCUT2D eigenvalue weighted by Crippen LogP contribution is 2.51. The van der Waals surface area contributed by atoms with Gasteiger partial charge in [0.25, 0.3) is 5.91 Å². The Morgan fingerprint density at radius 2 is 1.84 bits per heavy atom. The summed E-state index contributed by atoms with van der Waals surface area (Å²) in [5, 5.41) is 9.65. The molecule has 7 nitrogen and oxygen atoms in total. The fourth-order valence-electron chi connectivity index (χ4n) is 7.07. The molecule has 1 saturated carbocycles. The third-order valence-electron chi connectivity index (χ3n) is 9.37. The summed E-state index contributed by atoms with van der Waals surface area (Å²) in [6.45, 7) is 7.08. The van der Waals surface area contributed by atoms with E-state index in [1.165, 1.54) is 6.07 Å². The lowest BCUT2D eigenvalue weighted by Gasteiger charge is -2.44. The van der Waals surface area contributed by atoms with Crippen LogP contribution in [0.25, 0.3) is 5.57 Å². The first-order chi connectivity index (χ1) is 21.1. The van der Waals surface area contributed by atoms with Gasteiger partial charge in [-0.3, -0.25) is 14.7 Å². The highest BCUT2D eigenvalue weighted by atomic mass is 19.2.